The van der Waals surface area contributed by atoms with Crippen LogP contribution in [-0.2, 0) is 14.4 Å². The fraction of sp³-hybridized carbons (Fsp3) is 0.500. The summed E-state index contributed by atoms with van der Waals surface area (Å²) < 4.78 is 64.7. The number of hydrogen-bond acceptors (Lipinski definition) is 4. The van der Waals surface area contributed by atoms with Crippen LogP contribution in [0.2, 0.25) is 10.0 Å². The number of halogens is 5. The van der Waals surface area contributed by atoms with Crippen LogP contribution in [0.15, 0.2) is 12.1 Å². The van der Waals surface area contributed by atoms with Crippen LogP contribution >= 0.6 is 23.2 Å². The molecule has 0 fully saturated rings. The van der Waals surface area contributed by atoms with Crippen molar-refractivity contribution in [2.75, 3.05) is 18.5 Å². The molecule has 0 aliphatic carbocycles. The van der Waals surface area contributed by atoms with Crippen molar-refractivity contribution in [3.05, 3.63) is 22.2 Å². The highest BCUT2D eigenvalue weighted by Crippen LogP contribution is 2.48. The van der Waals surface area contributed by atoms with E-state index >= 15 is 0 Å². The summed E-state index contributed by atoms with van der Waals surface area (Å²) in [6.45, 7) is 3.74. The largest absolute Gasteiger partial charge is 0.528 e. The van der Waals surface area contributed by atoms with E-state index in [4.69, 9.17) is 23.2 Å². The average molecular weight is 394 g/mol. The van der Waals surface area contributed by atoms with Gasteiger partial charge in [-0.05, 0) is 13.0 Å². The molecule has 130 valence electrons. The zero-order chi connectivity index (χ0) is 17.8. The first-order valence-electron chi connectivity index (χ1n) is 6.50. The fourth-order valence-electron chi connectivity index (χ4n) is 2.56. The minimum absolute atomic E-state index is 0.0907. The molecule has 2 atom stereocenters. The van der Waals surface area contributed by atoms with Gasteiger partial charge in [0.15, 0.2) is 11.9 Å². The van der Waals surface area contributed by atoms with Crippen LogP contribution in [0.5, 0.6) is 0 Å². The number of fused-ring (bicyclic) bond motifs is 1. The number of benzene rings is 1. The molecule has 1 aliphatic rings. The van der Waals surface area contributed by atoms with Gasteiger partial charge in [-0.2, -0.15) is 21.6 Å². The highest BCUT2D eigenvalue weighted by atomic mass is 35.5. The summed E-state index contributed by atoms with van der Waals surface area (Å²) in [6.07, 6.45) is -0.735. The summed E-state index contributed by atoms with van der Waals surface area (Å²) in [5, 5.41) is 0.302. The smallest absolute Gasteiger partial charge is 0.315 e. The second kappa shape index (κ2) is 5.66. The van der Waals surface area contributed by atoms with Crippen LogP contribution in [0.4, 0.5) is 24.5 Å². The van der Waals surface area contributed by atoms with Crippen molar-refractivity contribution < 1.29 is 25.9 Å². The maximum absolute atomic E-state index is 12.7. The molecule has 1 aliphatic heterocycles. The van der Waals surface area contributed by atoms with E-state index < -0.39 is 26.4 Å². The SMILES string of the molecule is CCN1c2cc(Cl)c(Cl)cc2[N+](C)(OS(=O)(=O)C(F)(F)F)C1C. The highest BCUT2D eigenvalue weighted by Gasteiger charge is 2.58. The Hall–Kier alpha value is -0.740. The van der Waals surface area contributed by atoms with Crippen LogP contribution in [-0.4, -0.2) is 33.7 Å². The molecule has 0 saturated heterocycles. The molecule has 0 saturated carbocycles. The Morgan fingerprint density at radius 1 is 1.30 bits per heavy atom. The summed E-state index contributed by atoms with van der Waals surface area (Å²) in [7, 11) is -4.57. The Morgan fingerprint density at radius 2 is 1.83 bits per heavy atom. The van der Waals surface area contributed by atoms with Crippen LogP contribution in [0.25, 0.3) is 0 Å². The lowest BCUT2D eigenvalue weighted by molar-refractivity contribution is -0.0948. The van der Waals surface area contributed by atoms with E-state index in [1.165, 1.54) is 19.2 Å². The highest BCUT2D eigenvalue weighted by molar-refractivity contribution is 7.87. The first kappa shape index (κ1) is 18.6. The molecule has 11 heteroatoms. The molecule has 0 radical (unpaired) electrons. The van der Waals surface area contributed by atoms with E-state index in [0.717, 1.165) is 0 Å². The van der Waals surface area contributed by atoms with E-state index in [2.05, 4.69) is 4.28 Å². The molecule has 1 aromatic rings. The van der Waals surface area contributed by atoms with Crippen molar-refractivity contribution in [2.45, 2.75) is 25.5 Å². The topological polar surface area (TPSA) is 46.6 Å². The van der Waals surface area contributed by atoms with Gasteiger partial charge in [0, 0.05) is 19.5 Å². The predicted molar refractivity (Wildman–Crippen MR) is 82.7 cm³/mol. The van der Waals surface area contributed by atoms with Gasteiger partial charge in [-0.1, -0.05) is 27.5 Å². The predicted octanol–water partition coefficient (Wildman–Crippen LogP) is 3.90. The van der Waals surface area contributed by atoms with Crippen molar-refractivity contribution >= 4 is 44.7 Å². The molecule has 0 amide bonds. The van der Waals surface area contributed by atoms with E-state index in [0.29, 0.717) is 12.2 Å². The average Bonchev–Trinajstić information content (AvgIpc) is 2.58. The molecule has 2 rings (SSSR count). The Kier molecular flexibility index (Phi) is 4.58. The van der Waals surface area contributed by atoms with E-state index in [-0.39, 0.29) is 15.7 Å². The van der Waals surface area contributed by atoms with Crippen molar-refractivity contribution in [1.29, 1.82) is 0 Å². The Labute approximate surface area is 141 Å². The molecular formula is C12H14Cl2F3N2O3S+. The van der Waals surface area contributed by atoms with E-state index in [9.17, 15) is 21.6 Å². The van der Waals surface area contributed by atoms with E-state index in [1.54, 1.807) is 18.7 Å². The summed E-state index contributed by atoms with van der Waals surface area (Å²) in [4.78, 5) is 1.68. The van der Waals surface area contributed by atoms with Crippen LogP contribution in [0.3, 0.4) is 0 Å². The maximum Gasteiger partial charge on any atom is 0.528 e. The molecule has 1 aromatic carbocycles. The van der Waals surface area contributed by atoms with E-state index in [1.807, 2.05) is 0 Å². The van der Waals surface area contributed by atoms with Gasteiger partial charge in [-0.25, -0.2) is 0 Å². The lowest BCUT2D eigenvalue weighted by Gasteiger charge is -2.32. The summed E-state index contributed by atoms with van der Waals surface area (Å²) in [5.41, 5.74) is -4.87. The van der Waals surface area contributed by atoms with Crippen LogP contribution in [0, 0.1) is 0 Å². The number of rotatable bonds is 3. The number of quaternary nitrogens is 1. The first-order valence-corrected chi connectivity index (χ1v) is 8.66. The van der Waals surface area contributed by atoms with Crippen molar-refractivity contribution in [3.63, 3.8) is 0 Å². The molecule has 2 unspecified atom stereocenters. The second-order valence-corrected chi connectivity index (χ2v) is 7.47. The van der Waals surface area contributed by atoms with Gasteiger partial charge in [0.05, 0.1) is 10.0 Å². The number of anilines is 1. The summed E-state index contributed by atoms with van der Waals surface area (Å²) in [6, 6.07) is 2.80. The number of hydrogen-bond donors (Lipinski definition) is 0. The standard InChI is InChI=1S/C12H14Cl2F3N2O3S/c1-4-18-7(2)19(3,22-23(20,21)12(15,16)17)11-6-9(14)8(13)5-10(11)18/h5-7H,4H2,1-3H3/q+1. The van der Waals surface area contributed by atoms with Gasteiger partial charge in [0.2, 0.25) is 0 Å². The first-order chi connectivity index (χ1) is 10.3. The lowest BCUT2D eigenvalue weighted by Crippen LogP contribution is -2.57. The summed E-state index contributed by atoms with van der Waals surface area (Å²) in [5.74, 6) is 0. The van der Waals surface area contributed by atoms with Crippen LogP contribution < -0.4 is 9.55 Å². The Balaban J connectivity index is 2.62. The zero-order valence-corrected chi connectivity index (χ0v) is 14.7. The normalized spacial score (nSPS) is 24.9. The molecule has 23 heavy (non-hydrogen) atoms. The minimum Gasteiger partial charge on any atom is -0.315 e. The zero-order valence-electron chi connectivity index (χ0n) is 12.4. The third-order valence-corrected chi connectivity index (χ3v) is 5.64. The second-order valence-electron chi connectivity index (χ2n) is 5.14. The van der Waals surface area contributed by atoms with Crippen molar-refractivity contribution in [1.82, 2.24) is 4.65 Å². The number of nitrogens with zero attached hydrogens (tertiary/aromatic N) is 2. The van der Waals surface area contributed by atoms with Crippen LogP contribution in [0.1, 0.15) is 13.8 Å². The maximum atomic E-state index is 12.7. The van der Waals surface area contributed by atoms with Crippen molar-refractivity contribution in [3.8, 4) is 0 Å². The quantitative estimate of drug-likeness (QED) is 0.577. The van der Waals surface area contributed by atoms with Gasteiger partial charge in [-0.3, -0.25) is 0 Å². The monoisotopic (exact) mass is 393 g/mol. The molecule has 1 heterocycles. The lowest BCUT2D eigenvalue weighted by atomic mass is 10.2. The van der Waals surface area contributed by atoms with Gasteiger partial charge in [0.25, 0.3) is 0 Å². The Morgan fingerprint density at radius 3 is 2.30 bits per heavy atom. The number of alkyl halides is 3. The van der Waals surface area contributed by atoms with Gasteiger partial charge < -0.3 is 4.90 Å². The summed E-state index contributed by atoms with van der Waals surface area (Å²) >= 11 is 11.9. The Bertz CT molecular complexity index is 742. The van der Waals surface area contributed by atoms with Gasteiger partial charge >= 0.3 is 15.6 Å². The number of hydroxylamine groups is 2. The van der Waals surface area contributed by atoms with Crippen molar-refractivity contribution in [2.24, 2.45) is 0 Å². The molecule has 0 bridgehead atoms. The third-order valence-electron chi connectivity index (χ3n) is 3.85. The molecule has 0 aromatic heterocycles. The molecule has 5 nitrogen and oxygen atoms in total. The minimum atomic E-state index is -5.80. The fourth-order valence-corrected chi connectivity index (χ4v) is 3.58. The molecule has 0 spiro atoms. The third kappa shape index (κ3) is 2.89. The van der Waals surface area contributed by atoms with Gasteiger partial charge in [0.1, 0.15) is 12.7 Å². The van der Waals surface area contributed by atoms with Gasteiger partial charge in [-0.15, -0.1) is 4.65 Å². The molecular weight excluding hydrogens is 380 g/mol. The molecule has 0 N–H and O–H groups in total.